The van der Waals surface area contributed by atoms with Crippen molar-refractivity contribution in [3.8, 4) is 0 Å². The highest BCUT2D eigenvalue weighted by Crippen LogP contribution is 2.35. The Morgan fingerprint density at radius 2 is 2.15 bits per heavy atom. The summed E-state index contributed by atoms with van der Waals surface area (Å²) in [6.45, 7) is 0. The molecule has 2 aliphatic rings. The van der Waals surface area contributed by atoms with Crippen LogP contribution in [0.4, 0.5) is 0 Å². The molecule has 0 radical (unpaired) electrons. The number of amides is 1. The van der Waals surface area contributed by atoms with Crippen LogP contribution in [0.25, 0.3) is 17.0 Å². The summed E-state index contributed by atoms with van der Waals surface area (Å²) < 4.78 is 2.09. The van der Waals surface area contributed by atoms with E-state index in [1.165, 1.54) is 5.52 Å². The summed E-state index contributed by atoms with van der Waals surface area (Å²) in [4.78, 5) is 12.0. The van der Waals surface area contributed by atoms with Crippen molar-refractivity contribution in [2.24, 2.45) is 18.1 Å². The van der Waals surface area contributed by atoms with Crippen molar-refractivity contribution >= 4 is 28.6 Å². The molecular formula is C16H15N3O. The van der Waals surface area contributed by atoms with Gasteiger partial charge in [-0.2, -0.15) is 5.10 Å². The molecular weight excluding hydrogens is 250 g/mol. The van der Waals surface area contributed by atoms with E-state index in [4.69, 9.17) is 0 Å². The fourth-order valence-electron chi connectivity index (χ4n) is 2.80. The molecule has 1 saturated carbocycles. The molecule has 4 rings (SSSR count). The van der Waals surface area contributed by atoms with Gasteiger partial charge in [-0.1, -0.05) is 18.2 Å². The summed E-state index contributed by atoms with van der Waals surface area (Å²) >= 11 is 0. The number of carbonyl (C=O) groups excluding carboxylic acids is 1. The Morgan fingerprint density at radius 1 is 1.35 bits per heavy atom. The quantitative estimate of drug-likeness (QED) is 0.833. The lowest BCUT2D eigenvalue weighted by Gasteiger charge is -1.98. The molecule has 4 nitrogen and oxygen atoms in total. The third-order valence-electron chi connectivity index (χ3n) is 3.99. The van der Waals surface area contributed by atoms with Crippen molar-refractivity contribution in [1.82, 2.24) is 9.99 Å². The molecule has 1 aromatic carbocycles. The molecule has 1 N–H and O–H groups in total. The molecule has 100 valence electrons. The largest absolute Gasteiger partial charge is 0.350 e. The lowest BCUT2D eigenvalue weighted by molar-refractivity contribution is -0.116. The highest BCUT2D eigenvalue weighted by Gasteiger charge is 2.35. The highest BCUT2D eigenvalue weighted by molar-refractivity contribution is 6.29. The maximum Gasteiger partial charge on any atom is 0.273 e. The van der Waals surface area contributed by atoms with Crippen molar-refractivity contribution in [3.05, 3.63) is 41.6 Å². The zero-order chi connectivity index (χ0) is 13.7. The smallest absolute Gasteiger partial charge is 0.273 e. The zero-order valence-corrected chi connectivity index (χ0v) is 11.3. The standard InChI is InChI=1S/C16H15N3O/c1-19-9-11(12-4-2-3-5-14(12)19)8-13-15(10-6-7-10)17-18-16(13)20/h2-5,8-10H,6-7H2,1H3,(H,18,20)/b13-8-. The number of aromatic nitrogens is 1. The third-order valence-corrected chi connectivity index (χ3v) is 3.99. The molecule has 0 saturated heterocycles. The predicted octanol–water partition coefficient (Wildman–Crippen LogP) is 2.46. The van der Waals surface area contributed by atoms with E-state index >= 15 is 0 Å². The Kier molecular flexibility index (Phi) is 2.33. The number of nitrogens with zero attached hydrogens (tertiary/aromatic N) is 2. The van der Waals surface area contributed by atoms with Crippen molar-refractivity contribution in [3.63, 3.8) is 0 Å². The van der Waals surface area contributed by atoms with E-state index in [-0.39, 0.29) is 5.91 Å². The van der Waals surface area contributed by atoms with E-state index in [1.807, 2.05) is 25.3 Å². The average Bonchev–Trinajstić information content (AvgIpc) is 3.17. The maximum atomic E-state index is 12.0. The zero-order valence-electron chi connectivity index (χ0n) is 11.3. The van der Waals surface area contributed by atoms with Gasteiger partial charge in [0.15, 0.2) is 0 Å². The summed E-state index contributed by atoms with van der Waals surface area (Å²) in [5, 5.41) is 5.35. The fraction of sp³-hybridized carbons (Fsp3) is 0.250. The molecule has 2 aromatic rings. The lowest BCUT2D eigenvalue weighted by atomic mass is 10.0. The van der Waals surface area contributed by atoms with E-state index in [9.17, 15) is 4.79 Å². The van der Waals surface area contributed by atoms with Crippen LogP contribution >= 0.6 is 0 Å². The Hall–Kier alpha value is -2.36. The summed E-state index contributed by atoms with van der Waals surface area (Å²) in [6.07, 6.45) is 6.32. The van der Waals surface area contributed by atoms with Crippen molar-refractivity contribution in [2.45, 2.75) is 12.8 Å². The van der Waals surface area contributed by atoms with E-state index in [0.29, 0.717) is 5.92 Å². The number of para-hydroxylation sites is 1. The monoisotopic (exact) mass is 265 g/mol. The number of nitrogens with one attached hydrogen (secondary N) is 1. The Balaban J connectivity index is 1.85. The molecule has 2 heterocycles. The van der Waals surface area contributed by atoms with Crippen LogP contribution in [0.5, 0.6) is 0 Å². The van der Waals surface area contributed by atoms with Crippen LogP contribution in [0.3, 0.4) is 0 Å². The molecule has 0 spiro atoms. The maximum absolute atomic E-state index is 12.0. The van der Waals surface area contributed by atoms with E-state index in [0.717, 1.165) is 35.1 Å². The third kappa shape index (κ3) is 1.68. The van der Waals surface area contributed by atoms with Crippen molar-refractivity contribution in [1.29, 1.82) is 0 Å². The molecule has 4 heteroatoms. The number of benzene rings is 1. The first-order valence-corrected chi connectivity index (χ1v) is 6.88. The SMILES string of the molecule is Cn1cc(/C=C2\C(=O)NN=C2C2CC2)c2ccccc21. The van der Waals surface area contributed by atoms with Gasteiger partial charge in [0.2, 0.25) is 0 Å². The average molecular weight is 265 g/mol. The van der Waals surface area contributed by atoms with Crippen LogP contribution in [-0.4, -0.2) is 16.2 Å². The second-order valence-electron chi connectivity index (χ2n) is 5.48. The van der Waals surface area contributed by atoms with Gasteiger partial charge in [-0.05, 0) is 25.0 Å². The number of carbonyl (C=O) groups is 1. The fourth-order valence-corrected chi connectivity index (χ4v) is 2.80. The number of hydrogen-bond acceptors (Lipinski definition) is 2. The molecule has 20 heavy (non-hydrogen) atoms. The van der Waals surface area contributed by atoms with Gasteiger partial charge in [-0.3, -0.25) is 4.79 Å². The highest BCUT2D eigenvalue weighted by atomic mass is 16.2. The Morgan fingerprint density at radius 3 is 2.95 bits per heavy atom. The van der Waals surface area contributed by atoms with Gasteiger partial charge in [0.05, 0.1) is 11.3 Å². The van der Waals surface area contributed by atoms with Gasteiger partial charge in [0.25, 0.3) is 5.91 Å². The second-order valence-corrected chi connectivity index (χ2v) is 5.48. The molecule has 1 aromatic heterocycles. The minimum atomic E-state index is -0.0835. The Bertz CT molecular complexity index is 778. The minimum absolute atomic E-state index is 0.0835. The van der Waals surface area contributed by atoms with Crippen molar-refractivity contribution in [2.75, 3.05) is 0 Å². The Labute approximate surface area is 116 Å². The van der Waals surface area contributed by atoms with Crippen molar-refractivity contribution < 1.29 is 4.79 Å². The topological polar surface area (TPSA) is 46.4 Å². The van der Waals surface area contributed by atoms with Crippen LogP contribution < -0.4 is 5.43 Å². The van der Waals surface area contributed by atoms with Gasteiger partial charge in [0.1, 0.15) is 0 Å². The summed E-state index contributed by atoms with van der Waals surface area (Å²) in [5.74, 6) is 0.384. The molecule has 1 aliphatic carbocycles. The van der Waals surface area contributed by atoms with Crippen LogP contribution in [0.2, 0.25) is 0 Å². The number of rotatable bonds is 2. The summed E-state index contributed by atoms with van der Waals surface area (Å²) in [6, 6.07) is 8.22. The van der Waals surface area contributed by atoms with Crippen LogP contribution in [-0.2, 0) is 11.8 Å². The number of fused-ring (bicyclic) bond motifs is 1. The van der Waals surface area contributed by atoms with E-state index < -0.39 is 0 Å². The molecule has 1 amide bonds. The van der Waals surface area contributed by atoms with Gasteiger partial charge >= 0.3 is 0 Å². The van der Waals surface area contributed by atoms with Gasteiger partial charge in [-0.25, -0.2) is 5.43 Å². The van der Waals surface area contributed by atoms with E-state index in [1.54, 1.807) is 0 Å². The number of hydrazone groups is 1. The van der Waals surface area contributed by atoms with E-state index in [2.05, 4.69) is 33.4 Å². The van der Waals surface area contributed by atoms with Crippen LogP contribution in [0, 0.1) is 5.92 Å². The molecule has 0 unspecified atom stereocenters. The first-order valence-electron chi connectivity index (χ1n) is 6.88. The summed E-state index contributed by atoms with van der Waals surface area (Å²) in [5.41, 5.74) is 6.49. The first-order chi connectivity index (χ1) is 9.74. The molecule has 0 bridgehead atoms. The van der Waals surface area contributed by atoms with Crippen LogP contribution in [0.1, 0.15) is 18.4 Å². The predicted molar refractivity (Wildman–Crippen MR) is 79.2 cm³/mol. The minimum Gasteiger partial charge on any atom is -0.350 e. The van der Waals surface area contributed by atoms with Gasteiger partial charge < -0.3 is 4.57 Å². The first kappa shape index (κ1) is 11.5. The molecule has 1 aliphatic heterocycles. The lowest BCUT2D eigenvalue weighted by Crippen LogP contribution is -2.13. The summed E-state index contributed by atoms with van der Waals surface area (Å²) in [7, 11) is 2.02. The molecule has 1 fully saturated rings. The number of hydrogen-bond donors (Lipinski definition) is 1. The van der Waals surface area contributed by atoms with Gasteiger partial charge in [-0.15, -0.1) is 0 Å². The van der Waals surface area contributed by atoms with Gasteiger partial charge in [0, 0.05) is 35.6 Å². The van der Waals surface area contributed by atoms with Crippen LogP contribution in [0.15, 0.2) is 41.1 Å². The second kappa shape index (κ2) is 4.07. The normalized spacial score (nSPS) is 20.6. The molecule has 0 atom stereocenters. The number of aryl methyl sites for hydroxylation is 1.